The Labute approximate surface area is 147 Å². The van der Waals surface area contributed by atoms with Gasteiger partial charge in [0.1, 0.15) is 6.54 Å². The SMILES string of the molecule is CCN1CCN(C(=O)NCc2cccc(-c3cccnc3)c2)CC1=O. The second kappa shape index (κ2) is 7.79. The van der Waals surface area contributed by atoms with Gasteiger partial charge in [-0.3, -0.25) is 9.78 Å². The molecule has 1 N–H and O–H groups in total. The second-order valence-electron chi connectivity index (χ2n) is 6.00. The monoisotopic (exact) mass is 338 g/mol. The van der Waals surface area contributed by atoms with Gasteiger partial charge >= 0.3 is 6.03 Å². The van der Waals surface area contributed by atoms with E-state index in [0.717, 1.165) is 16.7 Å². The topological polar surface area (TPSA) is 65.5 Å². The first-order chi connectivity index (χ1) is 12.2. The first-order valence-electron chi connectivity index (χ1n) is 8.47. The summed E-state index contributed by atoms with van der Waals surface area (Å²) in [6.07, 6.45) is 3.56. The van der Waals surface area contributed by atoms with E-state index in [2.05, 4.69) is 10.3 Å². The molecule has 0 saturated carbocycles. The van der Waals surface area contributed by atoms with Crippen molar-refractivity contribution in [1.82, 2.24) is 20.1 Å². The van der Waals surface area contributed by atoms with Crippen LogP contribution in [0.15, 0.2) is 48.8 Å². The van der Waals surface area contributed by atoms with E-state index in [1.807, 2.05) is 49.5 Å². The van der Waals surface area contributed by atoms with Crippen LogP contribution in [0.1, 0.15) is 12.5 Å². The predicted molar refractivity (Wildman–Crippen MR) is 95.7 cm³/mol. The molecule has 0 atom stereocenters. The van der Waals surface area contributed by atoms with Crippen molar-refractivity contribution >= 4 is 11.9 Å². The van der Waals surface area contributed by atoms with Crippen molar-refractivity contribution in [2.45, 2.75) is 13.5 Å². The molecule has 0 unspecified atom stereocenters. The number of benzene rings is 1. The Balaban J connectivity index is 1.59. The number of likely N-dealkylation sites (N-methyl/N-ethyl adjacent to an activating group) is 1. The zero-order valence-electron chi connectivity index (χ0n) is 14.3. The van der Waals surface area contributed by atoms with E-state index in [9.17, 15) is 9.59 Å². The minimum Gasteiger partial charge on any atom is -0.340 e. The third kappa shape index (κ3) is 4.15. The molecule has 25 heavy (non-hydrogen) atoms. The number of nitrogens with zero attached hydrogens (tertiary/aromatic N) is 3. The number of rotatable bonds is 4. The van der Waals surface area contributed by atoms with Crippen LogP contribution in [-0.2, 0) is 11.3 Å². The fourth-order valence-corrected chi connectivity index (χ4v) is 2.90. The average molecular weight is 338 g/mol. The Kier molecular flexibility index (Phi) is 5.28. The maximum Gasteiger partial charge on any atom is 0.318 e. The van der Waals surface area contributed by atoms with Gasteiger partial charge in [0.05, 0.1) is 0 Å². The summed E-state index contributed by atoms with van der Waals surface area (Å²) < 4.78 is 0. The summed E-state index contributed by atoms with van der Waals surface area (Å²) in [5, 5.41) is 2.90. The van der Waals surface area contributed by atoms with Crippen LogP contribution >= 0.6 is 0 Å². The van der Waals surface area contributed by atoms with Gasteiger partial charge in [0, 0.05) is 38.6 Å². The Morgan fingerprint density at radius 1 is 1.20 bits per heavy atom. The van der Waals surface area contributed by atoms with E-state index in [4.69, 9.17) is 0 Å². The predicted octanol–water partition coefficient (Wildman–Crippen LogP) is 2.12. The number of hydrogen-bond acceptors (Lipinski definition) is 3. The number of nitrogens with one attached hydrogen (secondary N) is 1. The van der Waals surface area contributed by atoms with Gasteiger partial charge in [-0.15, -0.1) is 0 Å². The number of piperazine rings is 1. The van der Waals surface area contributed by atoms with E-state index in [1.165, 1.54) is 0 Å². The molecule has 1 fully saturated rings. The Hall–Kier alpha value is -2.89. The quantitative estimate of drug-likeness (QED) is 0.929. The summed E-state index contributed by atoms with van der Waals surface area (Å²) in [4.78, 5) is 31.7. The highest BCUT2D eigenvalue weighted by atomic mass is 16.2. The van der Waals surface area contributed by atoms with Crippen molar-refractivity contribution in [3.8, 4) is 11.1 Å². The van der Waals surface area contributed by atoms with Crippen molar-refractivity contribution in [1.29, 1.82) is 0 Å². The maximum atomic E-state index is 12.3. The van der Waals surface area contributed by atoms with Crippen LogP contribution in [-0.4, -0.2) is 52.9 Å². The van der Waals surface area contributed by atoms with Crippen LogP contribution in [0.4, 0.5) is 4.79 Å². The van der Waals surface area contributed by atoms with Crippen molar-refractivity contribution < 1.29 is 9.59 Å². The number of urea groups is 1. The lowest BCUT2D eigenvalue weighted by molar-refractivity contribution is -0.134. The number of hydrogen-bond donors (Lipinski definition) is 1. The lowest BCUT2D eigenvalue weighted by Crippen LogP contribution is -2.54. The molecule has 1 aliphatic heterocycles. The van der Waals surface area contributed by atoms with Gasteiger partial charge in [0.15, 0.2) is 0 Å². The summed E-state index contributed by atoms with van der Waals surface area (Å²) >= 11 is 0. The highest BCUT2D eigenvalue weighted by molar-refractivity contribution is 5.85. The van der Waals surface area contributed by atoms with Gasteiger partial charge in [-0.25, -0.2) is 4.79 Å². The molecule has 2 heterocycles. The second-order valence-corrected chi connectivity index (χ2v) is 6.00. The Morgan fingerprint density at radius 3 is 2.76 bits per heavy atom. The van der Waals surface area contributed by atoms with E-state index in [0.29, 0.717) is 26.2 Å². The summed E-state index contributed by atoms with van der Waals surface area (Å²) in [5.74, 6) is 0.00229. The molecule has 0 aliphatic carbocycles. The third-order valence-corrected chi connectivity index (χ3v) is 4.35. The molecule has 0 radical (unpaired) electrons. The van der Waals surface area contributed by atoms with Crippen molar-refractivity contribution in [2.75, 3.05) is 26.2 Å². The smallest absolute Gasteiger partial charge is 0.318 e. The normalized spacial score (nSPS) is 14.5. The van der Waals surface area contributed by atoms with E-state index in [-0.39, 0.29) is 18.5 Å². The van der Waals surface area contributed by atoms with Gasteiger partial charge in [-0.1, -0.05) is 24.3 Å². The van der Waals surface area contributed by atoms with Crippen LogP contribution in [0.5, 0.6) is 0 Å². The highest BCUT2D eigenvalue weighted by Crippen LogP contribution is 2.19. The van der Waals surface area contributed by atoms with Gasteiger partial charge < -0.3 is 15.1 Å². The Morgan fingerprint density at radius 2 is 2.04 bits per heavy atom. The van der Waals surface area contributed by atoms with Crippen molar-refractivity contribution in [3.05, 3.63) is 54.4 Å². The minimum atomic E-state index is -0.198. The summed E-state index contributed by atoms with van der Waals surface area (Å²) in [5.41, 5.74) is 3.11. The largest absolute Gasteiger partial charge is 0.340 e. The molecular weight excluding hydrogens is 316 g/mol. The Bertz CT molecular complexity index is 748. The fraction of sp³-hybridized carbons (Fsp3) is 0.316. The van der Waals surface area contributed by atoms with Crippen LogP contribution in [0.25, 0.3) is 11.1 Å². The highest BCUT2D eigenvalue weighted by Gasteiger charge is 2.25. The zero-order valence-corrected chi connectivity index (χ0v) is 14.3. The molecule has 6 heteroatoms. The van der Waals surface area contributed by atoms with Gasteiger partial charge in [0.25, 0.3) is 0 Å². The molecule has 2 aromatic rings. The van der Waals surface area contributed by atoms with Crippen LogP contribution in [0.3, 0.4) is 0 Å². The first-order valence-corrected chi connectivity index (χ1v) is 8.47. The summed E-state index contributed by atoms with van der Waals surface area (Å²) in [6.45, 7) is 4.38. The van der Waals surface area contributed by atoms with Gasteiger partial charge in [-0.2, -0.15) is 0 Å². The number of pyridine rings is 1. The first kappa shape index (κ1) is 17.0. The van der Waals surface area contributed by atoms with E-state index in [1.54, 1.807) is 16.0 Å². The fourth-order valence-electron chi connectivity index (χ4n) is 2.90. The molecule has 3 rings (SSSR count). The van der Waals surface area contributed by atoms with Crippen molar-refractivity contribution in [2.24, 2.45) is 0 Å². The van der Waals surface area contributed by atoms with E-state index < -0.39 is 0 Å². The molecule has 1 aliphatic rings. The number of aromatic nitrogens is 1. The summed E-state index contributed by atoms with van der Waals surface area (Å²) in [7, 11) is 0. The van der Waals surface area contributed by atoms with Crippen LogP contribution < -0.4 is 5.32 Å². The van der Waals surface area contributed by atoms with Crippen molar-refractivity contribution in [3.63, 3.8) is 0 Å². The lowest BCUT2D eigenvalue weighted by atomic mass is 10.0. The number of carbonyl (C=O) groups is 2. The zero-order chi connectivity index (χ0) is 17.6. The molecule has 6 nitrogen and oxygen atoms in total. The maximum absolute atomic E-state index is 12.3. The number of amides is 3. The molecule has 1 saturated heterocycles. The third-order valence-electron chi connectivity index (χ3n) is 4.35. The standard InChI is InChI=1S/C19H22N4O2/c1-2-22-9-10-23(14-18(22)24)19(25)21-12-15-5-3-6-16(11-15)17-7-4-8-20-13-17/h3-8,11,13H,2,9-10,12,14H2,1H3,(H,21,25). The van der Waals surface area contributed by atoms with E-state index >= 15 is 0 Å². The molecule has 0 spiro atoms. The van der Waals surface area contributed by atoms with Gasteiger partial charge in [-0.05, 0) is 35.7 Å². The summed E-state index contributed by atoms with van der Waals surface area (Å²) in [6, 6.07) is 11.7. The molecule has 0 bridgehead atoms. The average Bonchev–Trinajstić information content (AvgIpc) is 2.67. The molecule has 1 aromatic carbocycles. The molecule has 1 aromatic heterocycles. The minimum absolute atomic E-state index is 0.00229. The van der Waals surface area contributed by atoms with Crippen LogP contribution in [0.2, 0.25) is 0 Å². The lowest BCUT2D eigenvalue weighted by Gasteiger charge is -2.33. The molecular formula is C19H22N4O2. The molecule has 130 valence electrons. The van der Waals surface area contributed by atoms with Gasteiger partial charge in [0.2, 0.25) is 5.91 Å². The number of carbonyl (C=O) groups excluding carboxylic acids is 2. The molecule has 3 amide bonds. The van der Waals surface area contributed by atoms with Crippen LogP contribution in [0, 0.1) is 0 Å².